The maximum Gasteiger partial charge on any atom is 0.335 e. The molecule has 0 amide bonds. The van der Waals surface area contributed by atoms with Crippen LogP contribution in [-0.2, 0) is 16.6 Å². The Morgan fingerprint density at radius 3 is 2.49 bits per heavy atom. The molecule has 0 saturated heterocycles. The van der Waals surface area contributed by atoms with Crippen LogP contribution in [0.25, 0.3) is 22.4 Å². The van der Waals surface area contributed by atoms with Crippen molar-refractivity contribution < 1.29 is 23.1 Å². The molecule has 1 fully saturated rings. The Kier molecular flexibility index (Phi) is 9.36. The number of carboxylic acids is 1. The number of nitrogens with one attached hydrogen (secondary N) is 2. The third-order valence-corrected chi connectivity index (χ3v) is 10.1. The molecule has 1 aliphatic rings. The van der Waals surface area contributed by atoms with Crippen LogP contribution in [0.3, 0.4) is 0 Å². The number of aryl methyl sites for hydroxylation is 2. The summed E-state index contributed by atoms with van der Waals surface area (Å²) >= 11 is 0. The molecule has 14 heteroatoms. The number of ether oxygens (including phenoxy) is 1. The number of benzene rings is 2. The van der Waals surface area contributed by atoms with E-state index in [4.69, 9.17) is 9.72 Å². The molecule has 3 heterocycles. The van der Waals surface area contributed by atoms with E-state index in [1.807, 2.05) is 42.9 Å². The summed E-state index contributed by atoms with van der Waals surface area (Å²) in [4.78, 5) is 29.5. The number of carbonyl (C=O) groups is 1. The summed E-state index contributed by atoms with van der Waals surface area (Å²) < 4.78 is 37.4. The number of sulfonamides is 1. The van der Waals surface area contributed by atoms with Crippen LogP contribution in [0.2, 0.25) is 0 Å². The first-order valence-corrected chi connectivity index (χ1v) is 17.7. The number of carboxylic acid groups (broad SMARTS) is 1. The van der Waals surface area contributed by atoms with Gasteiger partial charge in [-0.15, -0.1) is 0 Å². The van der Waals surface area contributed by atoms with Crippen LogP contribution < -0.4 is 14.8 Å². The van der Waals surface area contributed by atoms with Crippen LogP contribution in [0.5, 0.6) is 5.88 Å². The molecule has 3 N–H and O–H groups in total. The molecule has 13 nitrogen and oxygen atoms in total. The zero-order valence-corrected chi connectivity index (χ0v) is 29.0. The van der Waals surface area contributed by atoms with Crippen LogP contribution in [0.1, 0.15) is 73.3 Å². The molecule has 0 unspecified atom stereocenters. The van der Waals surface area contributed by atoms with Crippen LogP contribution >= 0.6 is 0 Å². The van der Waals surface area contributed by atoms with Crippen molar-refractivity contribution in [3.8, 4) is 17.1 Å². The van der Waals surface area contributed by atoms with Crippen molar-refractivity contribution >= 4 is 33.1 Å². The highest BCUT2D eigenvalue weighted by atomic mass is 32.2. The minimum Gasteiger partial charge on any atom is -0.478 e. The van der Waals surface area contributed by atoms with Crippen LogP contribution in [-0.4, -0.2) is 61.9 Å². The SMILES string of the molecule is Cc1cccc(C)c1-c1cc(OC[C@@H](CC2(C)CC2)NCc2cnc3cn(C(C)C)nc3n2)nc(NS(=O)(=O)c2cccc(C(=O)O)c2)n1. The number of anilines is 1. The number of hydrogen-bond donors (Lipinski definition) is 3. The zero-order chi connectivity index (χ0) is 34.9. The van der Waals surface area contributed by atoms with Crippen molar-refractivity contribution in [3.63, 3.8) is 0 Å². The second-order valence-corrected chi connectivity index (χ2v) is 15.0. The van der Waals surface area contributed by atoms with Crippen molar-refractivity contribution in [2.45, 2.75) is 77.4 Å². The molecular formula is C35H40N8O5S. The summed E-state index contributed by atoms with van der Waals surface area (Å²) in [6.07, 6.45) is 6.76. The van der Waals surface area contributed by atoms with E-state index in [1.165, 1.54) is 18.2 Å². The first-order valence-electron chi connectivity index (χ1n) is 16.2. The fourth-order valence-corrected chi connectivity index (χ4v) is 6.69. The van der Waals surface area contributed by atoms with Gasteiger partial charge >= 0.3 is 5.97 Å². The normalized spacial score (nSPS) is 14.6. The number of aromatic nitrogens is 6. The molecule has 256 valence electrons. The molecule has 0 spiro atoms. The Bertz CT molecular complexity index is 2110. The van der Waals surface area contributed by atoms with Crippen molar-refractivity contribution in [1.29, 1.82) is 0 Å². The van der Waals surface area contributed by atoms with E-state index in [1.54, 1.807) is 12.3 Å². The number of rotatable bonds is 14. The first-order chi connectivity index (χ1) is 23.3. The smallest absolute Gasteiger partial charge is 0.335 e. The van der Waals surface area contributed by atoms with Gasteiger partial charge in [-0.2, -0.15) is 10.1 Å². The lowest BCUT2D eigenvalue weighted by Crippen LogP contribution is -2.36. The van der Waals surface area contributed by atoms with Gasteiger partial charge in [0.05, 0.1) is 34.2 Å². The summed E-state index contributed by atoms with van der Waals surface area (Å²) in [6.45, 7) is 11.0. The van der Waals surface area contributed by atoms with E-state index in [9.17, 15) is 18.3 Å². The molecule has 0 aliphatic heterocycles. The van der Waals surface area contributed by atoms with Gasteiger partial charge in [0, 0.05) is 30.3 Å². The van der Waals surface area contributed by atoms with Gasteiger partial charge < -0.3 is 15.2 Å². The highest BCUT2D eigenvalue weighted by Crippen LogP contribution is 2.49. The lowest BCUT2D eigenvalue weighted by molar-refractivity contribution is 0.0696. The predicted octanol–water partition coefficient (Wildman–Crippen LogP) is 5.71. The van der Waals surface area contributed by atoms with Crippen molar-refractivity contribution in [2.24, 2.45) is 5.41 Å². The topological polar surface area (TPSA) is 174 Å². The largest absolute Gasteiger partial charge is 0.478 e. The fourth-order valence-electron chi connectivity index (χ4n) is 5.71. The zero-order valence-electron chi connectivity index (χ0n) is 28.1. The van der Waals surface area contributed by atoms with E-state index in [0.717, 1.165) is 53.2 Å². The molecule has 0 bridgehead atoms. The lowest BCUT2D eigenvalue weighted by Gasteiger charge is -2.22. The van der Waals surface area contributed by atoms with E-state index in [0.29, 0.717) is 17.9 Å². The summed E-state index contributed by atoms with van der Waals surface area (Å²) in [5, 5.41) is 17.5. The Hall–Kier alpha value is -4.95. The molecule has 1 saturated carbocycles. The van der Waals surface area contributed by atoms with E-state index in [2.05, 4.69) is 50.9 Å². The molecule has 6 rings (SSSR count). The summed E-state index contributed by atoms with van der Waals surface area (Å²) in [5.74, 6) is -1.24. The second kappa shape index (κ2) is 13.5. The minimum atomic E-state index is -4.24. The van der Waals surface area contributed by atoms with E-state index >= 15 is 0 Å². The molecule has 5 aromatic rings. The van der Waals surface area contributed by atoms with Gasteiger partial charge in [-0.3, -0.25) is 4.68 Å². The Labute approximate surface area is 285 Å². The van der Waals surface area contributed by atoms with Crippen LogP contribution in [0, 0.1) is 19.3 Å². The van der Waals surface area contributed by atoms with Crippen LogP contribution in [0.4, 0.5) is 5.95 Å². The second-order valence-electron chi connectivity index (χ2n) is 13.3. The standard InChI is InChI=1S/C35H40N8O5S/c1-21(2)43-19-29-32(41-43)38-26(18-37-29)17-36-25(16-35(5)12-13-35)20-48-30-15-28(31-22(3)8-6-9-23(31)4)39-34(40-30)42-49(46,47)27-11-7-10-24(14-27)33(44)45/h6-11,14-15,18-19,21,25,36H,12-13,16-17,20H2,1-5H3,(H,44,45)(H,39,40,42)/t25-/m1/s1. The summed E-state index contributed by atoms with van der Waals surface area (Å²) in [5.41, 5.74) is 5.36. The predicted molar refractivity (Wildman–Crippen MR) is 185 cm³/mol. The van der Waals surface area contributed by atoms with Crippen LogP contribution in [0.15, 0.2) is 65.8 Å². The molecular weight excluding hydrogens is 645 g/mol. The van der Waals surface area contributed by atoms with Crippen molar-refractivity contribution in [3.05, 3.63) is 83.3 Å². The van der Waals surface area contributed by atoms with E-state index < -0.39 is 16.0 Å². The van der Waals surface area contributed by atoms with Crippen molar-refractivity contribution in [1.82, 2.24) is 35.0 Å². The van der Waals surface area contributed by atoms with Gasteiger partial charge in [0.2, 0.25) is 11.8 Å². The number of hydrogen-bond acceptors (Lipinski definition) is 10. The average Bonchev–Trinajstić information content (AvgIpc) is 3.61. The molecule has 49 heavy (non-hydrogen) atoms. The minimum absolute atomic E-state index is 0.0734. The van der Waals surface area contributed by atoms with Gasteiger partial charge in [0.15, 0.2) is 5.65 Å². The molecule has 2 aromatic carbocycles. The third-order valence-electron chi connectivity index (χ3n) is 8.73. The summed E-state index contributed by atoms with van der Waals surface area (Å²) in [7, 11) is -4.24. The highest BCUT2D eigenvalue weighted by Gasteiger charge is 2.39. The van der Waals surface area contributed by atoms with Gasteiger partial charge in [0.25, 0.3) is 10.0 Å². The monoisotopic (exact) mass is 684 g/mol. The number of fused-ring (bicyclic) bond motifs is 1. The number of nitrogens with zero attached hydrogens (tertiary/aromatic N) is 6. The average molecular weight is 685 g/mol. The Balaban J connectivity index is 1.26. The molecule has 0 radical (unpaired) electrons. The van der Waals surface area contributed by atoms with Gasteiger partial charge in [-0.05, 0) is 81.7 Å². The summed E-state index contributed by atoms with van der Waals surface area (Å²) in [6, 6.07) is 12.8. The molecule has 1 atom stereocenters. The fraction of sp³-hybridized carbons (Fsp3) is 0.371. The Morgan fingerprint density at radius 2 is 1.80 bits per heavy atom. The quantitative estimate of drug-likeness (QED) is 0.131. The maximum absolute atomic E-state index is 13.4. The van der Waals surface area contributed by atoms with E-state index in [-0.39, 0.29) is 46.4 Å². The number of aromatic carboxylic acids is 1. The van der Waals surface area contributed by atoms with Gasteiger partial charge in [0.1, 0.15) is 12.1 Å². The molecule has 3 aromatic heterocycles. The van der Waals surface area contributed by atoms with Gasteiger partial charge in [-0.25, -0.2) is 32.9 Å². The first kappa shape index (κ1) is 33.9. The van der Waals surface area contributed by atoms with Crippen molar-refractivity contribution in [2.75, 3.05) is 11.3 Å². The van der Waals surface area contributed by atoms with Gasteiger partial charge in [-0.1, -0.05) is 31.2 Å². The third kappa shape index (κ3) is 8.03. The maximum atomic E-state index is 13.4. The lowest BCUT2D eigenvalue weighted by atomic mass is 9.99. The molecule has 1 aliphatic carbocycles. The highest BCUT2D eigenvalue weighted by molar-refractivity contribution is 7.92. The Morgan fingerprint density at radius 1 is 1.06 bits per heavy atom.